The molecular formula is C16H25F3IN3O2. The van der Waals surface area contributed by atoms with E-state index < -0.39 is 12.8 Å². The number of aliphatic imine (C=N–C) groups is 1. The number of alkyl halides is 3. The molecule has 0 bridgehead atoms. The van der Waals surface area contributed by atoms with Crippen molar-refractivity contribution in [2.75, 3.05) is 26.4 Å². The molecule has 0 fully saturated rings. The minimum Gasteiger partial charge on any atom is -0.484 e. The zero-order chi connectivity index (χ0) is 18.0. The highest BCUT2D eigenvalue weighted by molar-refractivity contribution is 14.0. The lowest BCUT2D eigenvalue weighted by molar-refractivity contribution is -0.153. The summed E-state index contributed by atoms with van der Waals surface area (Å²) in [4.78, 5) is 4.13. The van der Waals surface area contributed by atoms with Crippen LogP contribution >= 0.6 is 24.0 Å². The fourth-order valence-electron chi connectivity index (χ4n) is 1.85. The Balaban J connectivity index is 0.00000576. The molecule has 0 aliphatic carbocycles. The van der Waals surface area contributed by atoms with E-state index in [-0.39, 0.29) is 42.2 Å². The van der Waals surface area contributed by atoms with Gasteiger partial charge in [0.1, 0.15) is 5.75 Å². The van der Waals surface area contributed by atoms with E-state index in [2.05, 4.69) is 10.3 Å². The van der Waals surface area contributed by atoms with Gasteiger partial charge in [0.05, 0.1) is 6.54 Å². The minimum absolute atomic E-state index is 0. The summed E-state index contributed by atoms with van der Waals surface area (Å²) in [5, 5.41) is 2.93. The lowest BCUT2D eigenvalue weighted by atomic mass is 10.1. The van der Waals surface area contributed by atoms with Gasteiger partial charge in [-0.25, -0.2) is 4.99 Å². The molecule has 0 saturated carbocycles. The summed E-state index contributed by atoms with van der Waals surface area (Å²) in [6.07, 6.45) is -3.60. The van der Waals surface area contributed by atoms with Gasteiger partial charge in [0, 0.05) is 25.3 Å². The predicted molar refractivity (Wildman–Crippen MR) is 103 cm³/mol. The predicted octanol–water partition coefficient (Wildman–Crippen LogP) is 3.39. The molecule has 0 saturated heterocycles. The molecule has 0 aliphatic heterocycles. The first-order valence-corrected chi connectivity index (χ1v) is 7.72. The van der Waals surface area contributed by atoms with Crippen LogP contribution in [-0.2, 0) is 11.3 Å². The minimum atomic E-state index is -4.38. The maximum Gasteiger partial charge on any atom is 0.422 e. The first kappa shape index (κ1) is 23.8. The number of guanidine groups is 1. The second-order valence-corrected chi connectivity index (χ2v) is 5.19. The Morgan fingerprint density at radius 1 is 1.32 bits per heavy atom. The van der Waals surface area contributed by atoms with Crippen molar-refractivity contribution in [1.29, 1.82) is 0 Å². The summed E-state index contributed by atoms with van der Waals surface area (Å²) in [6, 6.07) is 5.03. The fraction of sp³-hybridized carbons (Fsp3) is 0.562. The van der Waals surface area contributed by atoms with Gasteiger partial charge < -0.3 is 20.5 Å². The van der Waals surface area contributed by atoms with Gasteiger partial charge >= 0.3 is 6.18 Å². The summed E-state index contributed by atoms with van der Waals surface area (Å²) >= 11 is 0. The number of rotatable bonds is 9. The molecule has 1 aromatic carbocycles. The maximum absolute atomic E-state index is 12.3. The number of hydrogen-bond donors (Lipinski definition) is 2. The summed E-state index contributed by atoms with van der Waals surface area (Å²) in [7, 11) is 0. The summed E-state index contributed by atoms with van der Waals surface area (Å²) in [5.74, 6) is 0.397. The van der Waals surface area contributed by atoms with Crippen LogP contribution in [0.1, 0.15) is 24.5 Å². The van der Waals surface area contributed by atoms with E-state index >= 15 is 0 Å². The van der Waals surface area contributed by atoms with Gasteiger partial charge in [-0.05, 0) is 31.9 Å². The first-order chi connectivity index (χ1) is 11.3. The van der Waals surface area contributed by atoms with Crippen molar-refractivity contribution in [1.82, 2.24) is 5.32 Å². The van der Waals surface area contributed by atoms with E-state index in [0.717, 1.165) is 12.0 Å². The van der Waals surface area contributed by atoms with E-state index in [0.29, 0.717) is 25.3 Å². The van der Waals surface area contributed by atoms with Crippen molar-refractivity contribution >= 4 is 29.9 Å². The highest BCUT2D eigenvalue weighted by atomic mass is 127. The van der Waals surface area contributed by atoms with Crippen molar-refractivity contribution in [3.63, 3.8) is 0 Å². The first-order valence-electron chi connectivity index (χ1n) is 7.72. The van der Waals surface area contributed by atoms with Gasteiger partial charge in [0.25, 0.3) is 0 Å². The van der Waals surface area contributed by atoms with Crippen LogP contribution in [0.3, 0.4) is 0 Å². The Hall–Kier alpha value is -1.23. The molecule has 0 atom stereocenters. The van der Waals surface area contributed by atoms with Gasteiger partial charge in [-0.3, -0.25) is 0 Å². The lowest BCUT2D eigenvalue weighted by Gasteiger charge is -2.13. The third-order valence-electron chi connectivity index (χ3n) is 3.01. The molecule has 0 unspecified atom stereocenters. The quantitative estimate of drug-likeness (QED) is 0.249. The van der Waals surface area contributed by atoms with Crippen LogP contribution < -0.4 is 15.8 Å². The van der Waals surface area contributed by atoms with Gasteiger partial charge in [-0.1, -0.05) is 12.1 Å². The summed E-state index contributed by atoms with van der Waals surface area (Å²) in [5.41, 5.74) is 7.09. The molecule has 0 aliphatic rings. The van der Waals surface area contributed by atoms with Gasteiger partial charge in [0.15, 0.2) is 12.6 Å². The number of halogens is 4. The van der Waals surface area contributed by atoms with Crippen molar-refractivity contribution in [2.45, 2.75) is 33.0 Å². The Bertz CT molecular complexity index is 540. The van der Waals surface area contributed by atoms with E-state index in [1.807, 2.05) is 6.92 Å². The molecule has 0 amide bonds. The number of aryl methyl sites for hydroxylation is 1. The largest absolute Gasteiger partial charge is 0.484 e. The number of nitrogens with two attached hydrogens (primary N) is 1. The number of hydrogen-bond acceptors (Lipinski definition) is 3. The highest BCUT2D eigenvalue weighted by Gasteiger charge is 2.28. The number of nitrogens with one attached hydrogen (secondary N) is 1. The van der Waals surface area contributed by atoms with Crippen molar-refractivity contribution < 1.29 is 22.6 Å². The molecular weight excluding hydrogens is 450 g/mol. The average Bonchev–Trinajstić information content (AvgIpc) is 2.51. The molecule has 1 rings (SSSR count). The van der Waals surface area contributed by atoms with Gasteiger partial charge in [-0.2, -0.15) is 13.2 Å². The molecule has 144 valence electrons. The fourth-order valence-corrected chi connectivity index (χ4v) is 1.85. The Morgan fingerprint density at radius 2 is 2.04 bits per heavy atom. The zero-order valence-corrected chi connectivity index (χ0v) is 16.7. The van der Waals surface area contributed by atoms with Crippen molar-refractivity contribution in [3.05, 3.63) is 29.3 Å². The van der Waals surface area contributed by atoms with Crippen molar-refractivity contribution in [2.24, 2.45) is 10.7 Å². The van der Waals surface area contributed by atoms with Gasteiger partial charge in [-0.15, -0.1) is 24.0 Å². The van der Waals surface area contributed by atoms with Crippen LogP contribution in [0.25, 0.3) is 0 Å². The Morgan fingerprint density at radius 3 is 2.68 bits per heavy atom. The maximum atomic E-state index is 12.3. The monoisotopic (exact) mass is 475 g/mol. The molecule has 1 aromatic rings. The van der Waals surface area contributed by atoms with Crippen LogP contribution in [0, 0.1) is 6.92 Å². The van der Waals surface area contributed by atoms with Crippen molar-refractivity contribution in [3.8, 4) is 5.75 Å². The average molecular weight is 475 g/mol. The highest BCUT2D eigenvalue weighted by Crippen LogP contribution is 2.24. The standard InChI is InChI=1S/C16H24F3N3O2.HI/c1-3-23-8-4-7-21-15(20)22-10-13-6-5-12(2)9-14(13)24-11-16(17,18)19;/h5-6,9H,3-4,7-8,10-11H2,1-2H3,(H3,20,21,22);1H. The number of ether oxygens (including phenoxy) is 2. The van der Waals surface area contributed by atoms with Gasteiger partial charge in [0.2, 0.25) is 0 Å². The lowest BCUT2D eigenvalue weighted by Crippen LogP contribution is -2.32. The molecule has 0 radical (unpaired) electrons. The van der Waals surface area contributed by atoms with Crippen LogP contribution in [0.15, 0.2) is 23.2 Å². The SMILES string of the molecule is CCOCCCNC(N)=NCc1ccc(C)cc1OCC(F)(F)F.I. The summed E-state index contributed by atoms with van der Waals surface area (Å²) < 4.78 is 47.0. The summed E-state index contributed by atoms with van der Waals surface area (Å²) in [6.45, 7) is 4.41. The van der Waals surface area contributed by atoms with E-state index in [1.54, 1.807) is 25.1 Å². The number of nitrogens with zero attached hydrogens (tertiary/aromatic N) is 1. The molecule has 0 aromatic heterocycles. The van der Waals surface area contributed by atoms with Crippen LogP contribution in [-0.4, -0.2) is 38.5 Å². The zero-order valence-electron chi connectivity index (χ0n) is 14.4. The molecule has 0 heterocycles. The third-order valence-corrected chi connectivity index (χ3v) is 3.01. The molecule has 5 nitrogen and oxygen atoms in total. The van der Waals surface area contributed by atoms with Crippen LogP contribution in [0.2, 0.25) is 0 Å². The molecule has 25 heavy (non-hydrogen) atoms. The third kappa shape index (κ3) is 11.1. The molecule has 0 spiro atoms. The van der Waals surface area contributed by atoms with Crippen LogP contribution in [0.5, 0.6) is 5.75 Å². The Labute approximate surface area is 163 Å². The number of benzene rings is 1. The van der Waals surface area contributed by atoms with E-state index in [4.69, 9.17) is 15.2 Å². The Kier molecular flexibility index (Phi) is 11.6. The normalized spacial score (nSPS) is 11.8. The van der Waals surface area contributed by atoms with E-state index in [1.165, 1.54) is 0 Å². The second-order valence-electron chi connectivity index (χ2n) is 5.19. The molecule has 3 N–H and O–H groups in total. The second kappa shape index (κ2) is 12.2. The molecule has 9 heteroatoms. The topological polar surface area (TPSA) is 68.9 Å². The smallest absolute Gasteiger partial charge is 0.422 e. The van der Waals surface area contributed by atoms with Crippen LogP contribution in [0.4, 0.5) is 13.2 Å². The van der Waals surface area contributed by atoms with E-state index in [9.17, 15) is 13.2 Å².